The largest absolute Gasteiger partial charge is 0.494 e. The van der Waals surface area contributed by atoms with Crippen molar-refractivity contribution in [3.8, 4) is 29.1 Å². The zero-order chi connectivity index (χ0) is 30.7. The number of hydrogen-bond acceptors (Lipinski definition) is 4. The van der Waals surface area contributed by atoms with Crippen molar-refractivity contribution in [2.75, 3.05) is 6.61 Å². The molecule has 0 spiro atoms. The molecule has 1 unspecified atom stereocenters. The van der Waals surface area contributed by atoms with Crippen LogP contribution in [0.5, 0.6) is 17.2 Å². The summed E-state index contributed by atoms with van der Waals surface area (Å²) in [5.74, 6) is 6.59. The Kier molecular flexibility index (Phi) is 15.2. The predicted octanol–water partition coefficient (Wildman–Crippen LogP) is 10.3. The topological polar surface area (TPSA) is 44.8 Å². The van der Waals surface area contributed by atoms with Crippen molar-refractivity contribution in [2.45, 2.75) is 104 Å². The van der Waals surface area contributed by atoms with Crippen molar-refractivity contribution in [2.24, 2.45) is 0 Å². The monoisotopic (exact) mass is 586 g/mol. The second kappa shape index (κ2) is 19.4. The van der Waals surface area contributed by atoms with Crippen LogP contribution in [0.4, 0.5) is 4.39 Å². The molecule has 0 aliphatic heterocycles. The first-order chi connectivity index (χ1) is 21.0. The predicted molar refractivity (Wildman–Crippen MR) is 173 cm³/mol. The zero-order valence-corrected chi connectivity index (χ0v) is 26.1. The highest BCUT2D eigenvalue weighted by Gasteiger charge is 2.10. The fraction of sp³-hybridized carbons (Fsp3) is 0.447. The standard InChI is InChI=1S/C38H47FO4/c1-4-6-8-10-11-12-14-28-41-34-25-21-33(22-26-34)38(40)43-35-23-18-31(19-24-35)16-17-32-20-27-37(36(39)29-32)42-30(3)15-13-9-7-5-2/h18-27,29-30H,4-15,28H2,1-3H3. The quantitative estimate of drug-likeness (QED) is 0.0644. The average molecular weight is 587 g/mol. The maximum Gasteiger partial charge on any atom is 0.343 e. The van der Waals surface area contributed by atoms with Gasteiger partial charge in [-0.25, -0.2) is 9.18 Å². The highest BCUT2D eigenvalue weighted by Crippen LogP contribution is 2.22. The SMILES string of the molecule is CCCCCCCCCOc1ccc(C(=O)Oc2ccc(C#Cc3ccc(OC(C)CCCCCC)c(F)c3)cc2)cc1. The number of carbonyl (C=O) groups excluding carboxylic acids is 1. The number of hydrogen-bond donors (Lipinski definition) is 0. The minimum Gasteiger partial charge on any atom is -0.494 e. The van der Waals surface area contributed by atoms with Crippen LogP contribution < -0.4 is 14.2 Å². The maximum absolute atomic E-state index is 14.6. The highest BCUT2D eigenvalue weighted by molar-refractivity contribution is 5.91. The number of esters is 1. The first kappa shape index (κ1) is 33.7. The molecule has 0 fully saturated rings. The van der Waals surface area contributed by atoms with Crippen molar-refractivity contribution < 1.29 is 23.4 Å². The van der Waals surface area contributed by atoms with Gasteiger partial charge in [-0.15, -0.1) is 0 Å². The van der Waals surface area contributed by atoms with E-state index < -0.39 is 11.8 Å². The first-order valence-electron chi connectivity index (χ1n) is 16.0. The summed E-state index contributed by atoms with van der Waals surface area (Å²) in [4.78, 5) is 12.6. The van der Waals surface area contributed by atoms with E-state index in [9.17, 15) is 9.18 Å². The third-order valence-electron chi connectivity index (χ3n) is 7.25. The third kappa shape index (κ3) is 13.0. The number of carbonyl (C=O) groups is 1. The lowest BCUT2D eigenvalue weighted by atomic mass is 10.1. The normalized spacial score (nSPS) is 11.3. The number of rotatable bonds is 18. The Hall–Kier alpha value is -3.78. The molecule has 0 saturated carbocycles. The van der Waals surface area contributed by atoms with Crippen LogP contribution in [0.15, 0.2) is 66.7 Å². The minimum absolute atomic E-state index is 0.0335. The van der Waals surface area contributed by atoms with Gasteiger partial charge >= 0.3 is 5.97 Å². The van der Waals surface area contributed by atoms with E-state index in [0.29, 0.717) is 23.5 Å². The van der Waals surface area contributed by atoms with E-state index in [2.05, 4.69) is 25.7 Å². The molecule has 0 radical (unpaired) electrons. The van der Waals surface area contributed by atoms with Crippen LogP contribution >= 0.6 is 0 Å². The van der Waals surface area contributed by atoms with Gasteiger partial charge in [0.1, 0.15) is 11.5 Å². The maximum atomic E-state index is 14.6. The van der Waals surface area contributed by atoms with E-state index in [0.717, 1.165) is 30.6 Å². The molecule has 0 aromatic heterocycles. The van der Waals surface area contributed by atoms with E-state index >= 15 is 0 Å². The number of benzene rings is 3. The van der Waals surface area contributed by atoms with Crippen LogP contribution in [0, 0.1) is 17.7 Å². The van der Waals surface area contributed by atoms with Gasteiger partial charge in [-0.1, -0.05) is 83.5 Å². The van der Waals surface area contributed by atoms with Gasteiger partial charge in [0, 0.05) is 11.1 Å². The molecular weight excluding hydrogens is 539 g/mol. The Bertz CT molecular complexity index is 1290. The summed E-state index contributed by atoms with van der Waals surface area (Å²) in [5.41, 5.74) is 1.74. The minimum atomic E-state index is -0.439. The van der Waals surface area contributed by atoms with Crippen molar-refractivity contribution >= 4 is 5.97 Å². The van der Waals surface area contributed by atoms with Gasteiger partial charge in [-0.3, -0.25) is 0 Å². The van der Waals surface area contributed by atoms with Gasteiger partial charge in [0.15, 0.2) is 11.6 Å². The molecule has 230 valence electrons. The molecule has 0 aliphatic carbocycles. The molecule has 3 aromatic rings. The molecule has 0 saturated heterocycles. The number of unbranched alkanes of at least 4 members (excludes halogenated alkanes) is 9. The van der Waals surface area contributed by atoms with Crippen LogP contribution in [0.2, 0.25) is 0 Å². The molecule has 0 N–H and O–H groups in total. The summed E-state index contributed by atoms with van der Waals surface area (Å²) in [7, 11) is 0. The molecule has 43 heavy (non-hydrogen) atoms. The average Bonchev–Trinajstić information content (AvgIpc) is 3.02. The third-order valence-corrected chi connectivity index (χ3v) is 7.25. The molecule has 5 heteroatoms. The summed E-state index contributed by atoms with van der Waals surface area (Å²) in [6.07, 6.45) is 14.2. The van der Waals surface area contributed by atoms with Gasteiger partial charge in [-0.2, -0.15) is 0 Å². The van der Waals surface area contributed by atoms with Gasteiger partial charge in [-0.05, 0) is 92.9 Å². The van der Waals surface area contributed by atoms with Crippen molar-refractivity contribution in [1.29, 1.82) is 0 Å². The lowest BCUT2D eigenvalue weighted by Crippen LogP contribution is -2.12. The van der Waals surface area contributed by atoms with Crippen LogP contribution in [-0.2, 0) is 0 Å². The van der Waals surface area contributed by atoms with Crippen LogP contribution in [0.25, 0.3) is 0 Å². The highest BCUT2D eigenvalue weighted by atomic mass is 19.1. The summed E-state index contributed by atoms with van der Waals surface area (Å²) >= 11 is 0. The van der Waals surface area contributed by atoms with Crippen molar-refractivity contribution in [1.82, 2.24) is 0 Å². The van der Waals surface area contributed by atoms with Crippen LogP contribution in [-0.4, -0.2) is 18.7 Å². The van der Waals surface area contributed by atoms with Gasteiger partial charge < -0.3 is 14.2 Å². The molecular formula is C38H47FO4. The lowest BCUT2D eigenvalue weighted by Gasteiger charge is -2.15. The Balaban J connectivity index is 1.43. The Morgan fingerprint density at radius 2 is 1.30 bits per heavy atom. The van der Waals surface area contributed by atoms with Gasteiger partial charge in [0.2, 0.25) is 0 Å². The Morgan fingerprint density at radius 3 is 1.98 bits per heavy atom. The second-order valence-electron chi connectivity index (χ2n) is 11.1. The molecule has 4 nitrogen and oxygen atoms in total. The van der Waals surface area contributed by atoms with E-state index in [4.69, 9.17) is 14.2 Å². The molecule has 0 heterocycles. The molecule has 0 amide bonds. The fourth-order valence-corrected chi connectivity index (χ4v) is 4.66. The van der Waals surface area contributed by atoms with E-state index in [1.165, 1.54) is 63.9 Å². The van der Waals surface area contributed by atoms with Crippen molar-refractivity contribution in [3.63, 3.8) is 0 Å². The van der Waals surface area contributed by atoms with E-state index in [1.54, 1.807) is 60.7 Å². The number of ether oxygens (including phenoxy) is 3. The molecule has 0 bridgehead atoms. The van der Waals surface area contributed by atoms with Gasteiger partial charge in [0.05, 0.1) is 18.3 Å². The van der Waals surface area contributed by atoms with E-state index in [-0.39, 0.29) is 11.9 Å². The fourth-order valence-electron chi connectivity index (χ4n) is 4.66. The summed E-state index contributed by atoms with van der Waals surface area (Å²) in [6.45, 7) is 7.07. The lowest BCUT2D eigenvalue weighted by molar-refractivity contribution is 0.0734. The van der Waals surface area contributed by atoms with E-state index in [1.807, 2.05) is 6.92 Å². The summed E-state index contributed by atoms with van der Waals surface area (Å²) in [5, 5.41) is 0. The first-order valence-corrected chi connectivity index (χ1v) is 16.0. The van der Waals surface area contributed by atoms with Gasteiger partial charge in [0.25, 0.3) is 0 Å². The smallest absolute Gasteiger partial charge is 0.343 e. The summed E-state index contributed by atoms with van der Waals surface area (Å²) in [6, 6.07) is 18.8. The van der Waals surface area contributed by atoms with Crippen LogP contribution in [0.1, 0.15) is 119 Å². The zero-order valence-electron chi connectivity index (χ0n) is 26.1. The van der Waals surface area contributed by atoms with Crippen LogP contribution in [0.3, 0.4) is 0 Å². The Morgan fingerprint density at radius 1 is 0.721 bits per heavy atom. The summed E-state index contributed by atoms with van der Waals surface area (Å²) < 4.78 is 31.7. The molecule has 3 aromatic carbocycles. The Labute approximate surface area is 258 Å². The number of halogens is 1. The molecule has 3 rings (SSSR count). The molecule has 0 aliphatic rings. The molecule has 1 atom stereocenters. The second-order valence-corrected chi connectivity index (χ2v) is 11.1. The van der Waals surface area contributed by atoms with Crippen molar-refractivity contribution in [3.05, 3.63) is 89.2 Å².